The fourth-order valence-corrected chi connectivity index (χ4v) is 2.31. The molecule has 15 heavy (non-hydrogen) atoms. The molecule has 4 nitrogen and oxygen atoms in total. The summed E-state index contributed by atoms with van der Waals surface area (Å²) in [6.07, 6.45) is 2.07. The number of hydrogen-bond acceptors (Lipinski definition) is 4. The highest BCUT2D eigenvalue weighted by molar-refractivity contribution is 7.11. The van der Waals surface area contributed by atoms with Crippen molar-refractivity contribution in [2.45, 2.75) is 18.9 Å². The molecule has 1 heterocycles. The number of nitrogens with one attached hydrogen (secondary N) is 1. The van der Waals surface area contributed by atoms with E-state index in [1.807, 2.05) is 18.2 Å². The molecule has 1 saturated carbocycles. The minimum atomic E-state index is 0.252. The second kappa shape index (κ2) is 3.16. The second-order valence-corrected chi connectivity index (χ2v) is 4.72. The molecule has 1 aliphatic rings. The van der Waals surface area contributed by atoms with Gasteiger partial charge in [0.2, 0.25) is 0 Å². The van der Waals surface area contributed by atoms with Crippen molar-refractivity contribution in [1.82, 2.24) is 4.37 Å². The van der Waals surface area contributed by atoms with Crippen LogP contribution in [0.2, 0.25) is 0 Å². The first kappa shape index (κ1) is 9.08. The molecule has 1 fully saturated rings. The van der Waals surface area contributed by atoms with Gasteiger partial charge in [0.15, 0.2) is 0 Å². The van der Waals surface area contributed by atoms with Crippen LogP contribution < -0.4 is 10.8 Å². The zero-order chi connectivity index (χ0) is 10.4. The molecule has 5 heteroatoms. The van der Waals surface area contributed by atoms with Gasteiger partial charge in [-0.25, -0.2) is 0 Å². The monoisotopic (exact) mass is 221 g/mol. The molecule has 0 spiro atoms. The van der Waals surface area contributed by atoms with Crippen molar-refractivity contribution in [1.29, 1.82) is 0 Å². The maximum Gasteiger partial charge on any atom is 0.132 e. The average Bonchev–Trinajstić information content (AvgIpc) is 3.04. The van der Waals surface area contributed by atoms with Gasteiger partial charge in [-0.05, 0) is 17.6 Å². The Balaban J connectivity index is 2.07. The van der Waals surface area contributed by atoms with Crippen LogP contribution in [0.1, 0.15) is 12.8 Å². The molecule has 3 N–H and O–H groups in total. The quantitative estimate of drug-likeness (QED) is 0.745. The van der Waals surface area contributed by atoms with E-state index < -0.39 is 0 Å². The average molecular weight is 221 g/mol. The van der Waals surface area contributed by atoms with Crippen molar-refractivity contribution in [2.24, 2.45) is 0 Å². The number of nitrogens with two attached hydrogens (primary N) is 1. The minimum Gasteiger partial charge on any atom is -0.629 e. The van der Waals surface area contributed by atoms with E-state index in [0.717, 1.165) is 29.4 Å². The van der Waals surface area contributed by atoms with Crippen molar-refractivity contribution in [3.63, 3.8) is 0 Å². The summed E-state index contributed by atoms with van der Waals surface area (Å²) in [4.78, 5) is 0. The van der Waals surface area contributed by atoms with Crippen LogP contribution in [-0.4, -0.2) is 10.4 Å². The van der Waals surface area contributed by atoms with Crippen LogP contribution in [0.15, 0.2) is 18.2 Å². The van der Waals surface area contributed by atoms with Crippen molar-refractivity contribution >= 4 is 33.1 Å². The van der Waals surface area contributed by atoms with Crippen molar-refractivity contribution < 1.29 is 5.06 Å². The van der Waals surface area contributed by atoms with Crippen molar-refractivity contribution in [2.75, 3.05) is 5.73 Å². The molecular formula is C10H11N3OS. The van der Waals surface area contributed by atoms with E-state index in [1.165, 1.54) is 11.5 Å². The molecule has 0 aliphatic heterocycles. The zero-order valence-corrected chi connectivity index (χ0v) is 8.88. The van der Waals surface area contributed by atoms with Crippen LogP contribution in [0.25, 0.3) is 10.9 Å². The Morgan fingerprint density at radius 3 is 3.00 bits per heavy atom. The minimum absolute atomic E-state index is 0.252. The molecule has 1 aromatic carbocycles. The molecule has 3 rings (SSSR count). The lowest BCUT2D eigenvalue weighted by Crippen LogP contribution is -3.03. The molecular weight excluding hydrogens is 210 g/mol. The fraction of sp³-hybridized carbons (Fsp3) is 0.300. The summed E-state index contributed by atoms with van der Waals surface area (Å²) in [5.41, 5.74) is 7.44. The van der Waals surface area contributed by atoms with Crippen LogP contribution in [0.3, 0.4) is 0 Å². The smallest absolute Gasteiger partial charge is 0.132 e. The summed E-state index contributed by atoms with van der Waals surface area (Å²) in [6, 6.07) is 5.85. The summed E-state index contributed by atoms with van der Waals surface area (Å²) < 4.78 is 4.18. The predicted molar refractivity (Wildman–Crippen MR) is 61.0 cm³/mol. The van der Waals surface area contributed by atoms with Crippen LogP contribution in [-0.2, 0) is 0 Å². The number of quaternary nitrogens is 1. The summed E-state index contributed by atoms with van der Waals surface area (Å²) >= 11 is 1.28. The van der Waals surface area contributed by atoms with Gasteiger partial charge in [-0.1, -0.05) is 0 Å². The molecule has 0 saturated heterocycles. The first-order chi connectivity index (χ1) is 7.25. The van der Waals surface area contributed by atoms with Gasteiger partial charge in [-0.15, -0.1) is 0 Å². The Morgan fingerprint density at radius 2 is 2.27 bits per heavy atom. The molecule has 0 bridgehead atoms. The molecule has 1 aliphatic carbocycles. The maximum atomic E-state index is 11.8. The number of hydrogen-bond donors (Lipinski definition) is 2. The Kier molecular flexibility index (Phi) is 1.92. The largest absolute Gasteiger partial charge is 0.629 e. The lowest BCUT2D eigenvalue weighted by atomic mass is 10.2. The summed E-state index contributed by atoms with van der Waals surface area (Å²) in [7, 11) is 0. The molecule has 1 atom stereocenters. The first-order valence-corrected chi connectivity index (χ1v) is 5.72. The molecule has 1 unspecified atom stereocenters. The number of hydroxylamine groups is 1. The van der Waals surface area contributed by atoms with E-state index in [1.54, 1.807) is 0 Å². The molecule has 1 aromatic heterocycles. The van der Waals surface area contributed by atoms with E-state index in [-0.39, 0.29) is 11.1 Å². The number of anilines is 1. The van der Waals surface area contributed by atoms with Gasteiger partial charge in [0.05, 0.1) is 11.6 Å². The number of nitrogen functional groups attached to an aromatic ring is 1. The van der Waals surface area contributed by atoms with Gasteiger partial charge in [0.1, 0.15) is 10.7 Å². The van der Waals surface area contributed by atoms with Crippen molar-refractivity contribution in [3.05, 3.63) is 23.4 Å². The van der Waals surface area contributed by atoms with Gasteiger partial charge in [-0.3, -0.25) is 0 Å². The summed E-state index contributed by atoms with van der Waals surface area (Å²) in [5, 5.41) is 13.7. The predicted octanol–water partition coefficient (Wildman–Crippen LogP) is 1.06. The Labute approximate surface area is 91.1 Å². The third kappa shape index (κ3) is 1.49. The topological polar surface area (TPSA) is 66.4 Å². The molecule has 2 aromatic rings. The third-order valence-electron chi connectivity index (χ3n) is 2.74. The Morgan fingerprint density at radius 1 is 1.47 bits per heavy atom. The van der Waals surface area contributed by atoms with E-state index in [0.29, 0.717) is 5.00 Å². The second-order valence-electron chi connectivity index (χ2n) is 3.92. The lowest BCUT2D eigenvalue weighted by Gasteiger charge is -2.21. The highest BCUT2D eigenvalue weighted by Gasteiger charge is 2.29. The number of nitrogens with zero attached hydrogens (tertiary/aromatic N) is 1. The van der Waals surface area contributed by atoms with Gasteiger partial charge < -0.3 is 16.0 Å². The van der Waals surface area contributed by atoms with Gasteiger partial charge in [-0.2, -0.15) is 4.37 Å². The van der Waals surface area contributed by atoms with Crippen LogP contribution >= 0.6 is 11.5 Å². The Bertz CT molecular complexity index is 506. The number of fused-ring (bicyclic) bond motifs is 1. The highest BCUT2D eigenvalue weighted by atomic mass is 32.1. The number of rotatable bonds is 2. The van der Waals surface area contributed by atoms with Gasteiger partial charge in [0.25, 0.3) is 0 Å². The molecule has 0 radical (unpaired) electrons. The van der Waals surface area contributed by atoms with Crippen LogP contribution in [0.5, 0.6) is 0 Å². The van der Waals surface area contributed by atoms with E-state index in [4.69, 9.17) is 5.73 Å². The lowest BCUT2D eigenvalue weighted by molar-refractivity contribution is -0.789. The molecule has 78 valence electrons. The van der Waals surface area contributed by atoms with Crippen molar-refractivity contribution in [3.8, 4) is 0 Å². The highest BCUT2D eigenvalue weighted by Crippen LogP contribution is 2.27. The molecule has 0 amide bonds. The normalized spacial score (nSPS) is 18.2. The van der Waals surface area contributed by atoms with E-state index in [2.05, 4.69) is 4.37 Å². The van der Waals surface area contributed by atoms with E-state index in [9.17, 15) is 5.21 Å². The van der Waals surface area contributed by atoms with E-state index >= 15 is 0 Å². The van der Waals surface area contributed by atoms with Gasteiger partial charge >= 0.3 is 0 Å². The summed E-state index contributed by atoms with van der Waals surface area (Å²) in [5.74, 6) is 0. The Hall–Kier alpha value is -1.17. The standard InChI is InChI=1S/C10H11N3OS/c11-10-8-5-7(13(14)6-1-2-6)3-4-9(8)12-15-10/h3-6,13H,1-2,11H2. The zero-order valence-electron chi connectivity index (χ0n) is 8.06. The summed E-state index contributed by atoms with van der Waals surface area (Å²) in [6.45, 7) is 0. The van der Waals surface area contributed by atoms with Gasteiger partial charge in [0, 0.05) is 30.4 Å². The van der Waals surface area contributed by atoms with Crippen LogP contribution in [0.4, 0.5) is 10.7 Å². The third-order valence-corrected chi connectivity index (χ3v) is 3.44. The first-order valence-electron chi connectivity index (χ1n) is 4.95. The maximum absolute atomic E-state index is 11.8. The number of aromatic nitrogens is 1. The van der Waals surface area contributed by atoms with Crippen LogP contribution in [0, 0.1) is 5.21 Å². The number of benzene rings is 1. The fourth-order valence-electron chi connectivity index (χ4n) is 1.70. The SMILES string of the molecule is Nc1snc2ccc([NH+]([O-])C3CC3)cc12.